The summed E-state index contributed by atoms with van der Waals surface area (Å²) in [5.74, 6) is 0. The maximum absolute atomic E-state index is 7.50. The third-order valence-corrected chi connectivity index (χ3v) is 0.556. The molecule has 0 atom stereocenters. The molecule has 54 valence electrons. The summed E-state index contributed by atoms with van der Waals surface area (Å²) in [7, 11) is 0. The van der Waals surface area contributed by atoms with Crippen molar-refractivity contribution in [1.29, 1.82) is 0 Å². The fourth-order valence-electron chi connectivity index (χ4n) is 0.321. The predicted octanol–water partition coefficient (Wildman–Crippen LogP) is 0.858. The summed E-state index contributed by atoms with van der Waals surface area (Å²) in [4.78, 5) is 0. The first-order valence-electron chi connectivity index (χ1n) is 2.07. The van der Waals surface area contributed by atoms with Gasteiger partial charge in [0.25, 0.3) is 0 Å². The number of rotatable bonds is 0. The molecule has 0 aliphatic heterocycles. The van der Waals surface area contributed by atoms with E-state index >= 15 is 0 Å². The zero-order valence-electron chi connectivity index (χ0n) is 6.06. The van der Waals surface area contributed by atoms with Crippen LogP contribution < -0.4 is 0 Å². The van der Waals surface area contributed by atoms with E-state index in [2.05, 4.69) is 13.3 Å². The van der Waals surface area contributed by atoms with Gasteiger partial charge in [0.2, 0.25) is 0 Å². The van der Waals surface area contributed by atoms with Gasteiger partial charge in [-0.05, 0) is 0 Å². The molecular weight excluding hydrogens is 195 g/mol. The molecule has 0 spiro atoms. The molecular formula is C7H5FeNaO2. The molecule has 0 fully saturated rings. The number of hydrogen-bond acceptors (Lipinski definition) is 0. The Morgan fingerprint density at radius 2 is 1.00 bits per heavy atom. The molecule has 0 saturated heterocycles. The van der Waals surface area contributed by atoms with Gasteiger partial charge in [-0.15, -0.1) is 0 Å². The van der Waals surface area contributed by atoms with Crippen molar-refractivity contribution in [3.05, 3.63) is 44.0 Å². The van der Waals surface area contributed by atoms with Crippen molar-refractivity contribution in [3.8, 4) is 0 Å². The van der Waals surface area contributed by atoms with Crippen LogP contribution in [0.5, 0.6) is 0 Å². The van der Waals surface area contributed by atoms with E-state index in [9.17, 15) is 0 Å². The van der Waals surface area contributed by atoms with Crippen LogP contribution in [0.25, 0.3) is 0 Å². The van der Waals surface area contributed by atoms with Crippen LogP contribution in [0, 0.1) is 19.7 Å². The monoisotopic (exact) mass is 200 g/mol. The van der Waals surface area contributed by atoms with Gasteiger partial charge in [0.05, 0.1) is 0 Å². The first-order valence-corrected chi connectivity index (χ1v) is 2.07. The molecule has 1 aliphatic rings. The maximum atomic E-state index is 7.50. The molecule has 0 aromatic rings. The number of hydrogen-bond donors (Lipinski definition) is 0. The second kappa shape index (κ2) is 31.4. The van der Waals surface area contributed by atoms with Gasteiger partial charge in [0.15, 0.2) is 0 Å². The second-order valence-electron chi connectivity index (χ2n) is 0.962. The second-order valence-corrected chi connectivity index (χ2v) is 0.962. The Morgan fingerprint density at radius 1 is 0.727 bits per heavy atom. The Kier molecular flexibility index (Phi) is 64.3. The zero-order valence-corrected chi connectivity index (χ0v) is 9.16. The Bertz CT molecular complexity index is 122. The van der Waals surface area contributed by atoms with E-state index in [1.165, 1.54) is 0 Å². The van der Waals surface area contributed by atoms with Crippen LogP contribution in [-0.2, 0) is 26.4 Å². The molecule has 0 unspecified atom stereocenters. The largest absolute Gasteiger partial charge is 0.0767 e. The van der Waals surface area contributed by atoms with Gasteiger partial charge < -0.3 is 0 Å². The first kappa shape index (κ1) is 22.5. The van der Waals surface area contributed by atoms with Gasteiger partial charge in [-0.1, -0.05) is 24.3 Å². The van der Waals surface area contributed by atoms with Gasteiger partial charge in [-0.25, -0.2) is 0 Å². The van der Waals surface area contributed by atoms with Crippen LogP contribution in [0.15, 0.2) is 24.3 Å². The normalized spacial score (nSPS) is 8.36. The zero-order chi connectivity index (χ0) is 7.54. The minimum Gasteiger partial charge on any atom is -0.0767 e. The summed E-state index contributed by atoms with van der Waals surface area (Å²) < 4.78 is 15.0. The molecule has 0 saturated carbocycles. The third kappa shape index (κ3) is 25.1. The molecule has 2 nitrogen and oxygen atoms in total. The average molecular weight is 200 g/mol. The van der Waals surface area contributed by atoms with Crippen molar-refractivity contribution >= 4 is 29.6 Å². The molecule has 0 bridgehead atoms. The van der Waals surface area contributed by atoms with Crippen molar-refractivity contribution < 1.29 is 26.4 Å². The van der Waals surface area contributed by atoms with Gasteiger partial charge in [-0.3, -0.25) is 0 Å². The predicted molar refractivity (Wildman–Crippen MR) is 36.2 cm³/mol. The van der Waals surface area contributed by atoms with Crippen LogP contribution >= 0.6 is 0 Å². The molecule has 1 rings (SSSR count). The smallest absolute Gasteiger partial charge is 0.00506 e. The van der Waals surface area contributed by atoms with Crippen LogP contribution in [0.4, 0.5) is 0 Å². The molecule has 11 heavy (non-hydrogen) atoms. The quantitative estimate of drug-likeness (QED) is 0.316. The molecule has 0 heterocycles. The van der Waals surface area contributed by atoms with Gasteiger partial charge in [-0.2, -0.15) is 0 Å². The molecule has 0 aromatic carbocycles. The van der Waals surface area contributed by atoms with Crippen molar-refractivity contribution in [3.63, 3.8) is 0 Å². The third-order valence-electron chi connectivity index (χ3n) is 0.556. The van der Waals surface area contributed by atoms with E-state index < -0.39 is 0 Å². The standard InChI is InChI=1S/C5H5.2CO.Fe.Na/c1-2-4-5-3-1;2*1-2;;/h1-5H;;;;. The molecule has 2 radical (unpaired) electrons. The Balaban J connectivity index is -0.0000000369. The van der Waals surface area contributed by atoms with Crippen LogP contribution in [0.1, 0.15) is 0 Å². The molecule has 0 amide bonds. The van der Waals surface area contributed by atoms with E-state index in [-0.39, 0.29) is 46.6 Å². The Labute approximate surface area is 99.3 Å². The van der Waals surface area contributed by atoms with Crippen LogP contribution in [0.2, 0.25) is 0 Å². The minimum atomic E-state index is 0. The van der Waals surface area contributed by atoms with Gasteiger partial charge >= 0.3 is 22.6 Å². The van der Waals surface area contributed by atoms with E-state index in [0.717, 1.165) is 0 Å². The van der Waals surface area contributed by atoms with Crippen molar-refractivity contribution in [1.82, 2.24) is 0 Å². The van der Waals surface area contributed by atoms with Crippen molar-refractivity contribution in [2.75, 3.05) is 0 Å². The molecule has 1 aliphatic carbocycles. The van der Waals surface area contributed by atoms with Crippen molar-refractivity contribution in [2.24, 2.45) is 0 Å². The Morgan fingerprint density at radius 3 is 1.09 bits per heavy atom. The SMILES string of the molecule is [C-]#[O+].[C-]#[O+].[CH]1C=CC=C1.[Fe].[Na]. The van der Waals surface area contributed by atoms with Crippen LogP contribution in [-0.4, -0.2) is 29.6 Å². The van der Waals surface area contributed by atoms with Crippen molar-refractivity contribution in [2.45, 2.75) is 0 Å². The van der Waals surface area contributed by atoms with E-state index in [0.29, 0.717) is 0 Å². The minimum absolute atomic E-state index is 0. The average Bonchev–Trinajstić information content (AvgIpc) is 2.51. The van der Waals surface area contributed by atoms with E-state index in [1.54, 1.807) is 0 Å². The number of allylic oxidation sites excluding steroid dienone is 4. The topological polar surface area (TPSA) is 39.8 Å². The summed E-state index contributed by atoms with van der Waals surface area (Å²) in [6.07, 6.45) is 10.0. The van der Waals surface area contributed by atoms with E-state index in [1.807, 2.05) is 30.7 Å². The fraction of sp³-hybridized carbons (Fsp3) is 0. The summed E-state index contributed by atoms with van der Waals surface area (Å²) in [5, 5.41) is 0. The van der Waals surface area contributed by atoms with E-state index in [4.69, 9.17) is 9.30 Å². The molecule has 4 heteroatoms. The first-order chi connectivity index (χ1) is 4.50. The summed E-state index contributed by atoms with van der Waals surface area (Å²) in [6.45, 7) is 9.00. The summed E-state index contributed by atoms with van der Waals surface area (Å²) >= 11 is 0. The summed E-state index contributed by atoms with van der Waals surface area (Å²) in [6, 6.07) is 0. The fourth-order valence-corrected chi connectivity index (χ4v) is 0.321. The van der Waals surface area contributed by atoms with Gasteiger partial charge in [0.1, 0.15) is 0 Å². The molecule has 0 aromatic heterocycles. The Hall–Kier alpha value is 0.479. The molecule has 0 N–H and O–H groups in total. The van der Waals surface area contributed by atoms with Crippen LogP contribution in [0.3, 0.4) is 0 Å². The summed E-state index contributed by atoms with van der Waals surface area (Å²) in [5.41, 5.74) is 0. The maximum Gasteiger partial charge on any atom is 0.00506 e. The van der Waals surface area contributed by atoms with Gasteiger partial charge in [0, 0.05) is 53.0 Å².